The van der Waals surface area contributed by atoms with Gasteiger partial charge in [-0.05, 0) is 12.8 Å². The molecule has 0 aliphatic carbocycles. The lowest BCUT2D eigenvalue weighted by molar-refractivity contribution is -0.136. The first-order valence-electron chi connectivity index (χ1n) is 5.32. The molecule has 84 valence electrons. The summed E-state index contributed by atoms with van der Waals surface area (Å²) in [4.78, 5) is 10.6. The number of hydrogen-bond acceptors (Lipinski definition) is 3. The summed E-state index contributed by atoms with van der Waals surface area (Å²) < 4.78 is 1.82. The van der Waals surface area contributed by atoms with Gasteiger partial charge in [0.25, 0.3) is 0 Å². The van der Waals surface area contributed by atoms with Crippen molar-refractivity contribution in [2.24, 2.45) is 0 Å². The Morgan fingerprint density at radius 1 is 1.40 bits per heavy atom. The zero-order valence-electron chi connectivity index (χ0n) is 9.23. The van der Waals surface area contributed by atoms with Crippen LogP contribution in [0.1, 0.15) is 38.1 Å². The first-order valence-corrected chi connectivity index (χ1v) is 5.32. The standard InChI is InChI=1S/C10H17N3O2/c1-3-5-9-8(7-10(14)15)11-12-13(9)6-4-2/h3-7H2,1-2H3,(H,14,15). The highest BCUT2D eigenvalue weighted by Gasteiger charge is 2.14. The maximum absolute atomic E-state index is 10.6. The van der Waals surface area contributed by atoms with Crippen molar-refractivity contribution in [3.05, 3.63) is 11.4 Å². The van der Waals surface area contributed by atoms with Crippen molar-refractivity contribution in [2.75, 3.05) is 0 Å². The van der Waals surface area contributed by atoms with E-state index in [9.17, 15) is 4.79 Å². The molecule has 0 aliphatic heterocycles. The van der Waals surface area contributed by atoms with Crippen LogP contribution in [0.25, 0.3) is 0 Å². The number of hydrogen-bond donors (Lipinski definition) is 1. The van der Waals surface area contributed by atoms with E-state index in [0.29, 0.717) is 5.69 Å². The lowest BCUT2D eigenvalue weighted by Gasteiger charge is -2.04. The molecule has 1 rings (SSSR count). The van der Waals surface area contributed by atoms with Gasteiger partial charge >= 0.3 is 5.97 Å². The summed E-state index contributed by atoms with van der Waals surface area (Å²) in [5.41, 5.74) is 1.58. The Morgan fingerprint density at radius 3 is 2.67 bits per heavy atom. The molecule has 0 amide bonds. The molecule has 0 spiro atoms. The van der Waals surface area contributed by atoms with Gasteiger partial charge in [-0.2, -0.15) is 0 Å². The van der Waals surface area contributed by atoms with Crippen LogP contribution in [0.2, 0.25) is 0 Å². The number of nitrogens with zero attached hydrogens (tertiary/aromatic N) is 3. The van der Waals surface area contributed by atoms with E-state index in [4.69, 9.17) is 5.11 Å². The Bertz CT molecular complexity index is 333. The summed E-state index contributed by atoms with van der Waals surface area (Å²) in [6.07, 6.45) is 2.77. The topological polar surface area (TPSA) is 68.0 Å². The van der Waals surface area contributed by atoms with Crippen molar-refractivity contribution < 1.29 is 9.90 Å². The van der Waals surface area contributed by atoms with Crippen molar-refractivity contribution >= 4 is 5.97 Å². The van der Waals surface area contributed by atoms with E-state index in [1.54, 1.807) is 0 Å². The number of carboxylic acid groups (broad SMARTS) is 1. The molecule has 0 aliphatic rings. The van der Waals surface area contributed by atoms with Gasteiger partial charge in [0.2, 0.25) is 0 Å². The second-order valence-corrected chi connectivity index (χ2v) is 3.53. The summed E-state index contributed by atoms with van der Waals surface area (Å²) in [5.74, 6) is -0.851. The van der Waals surface area contributed by atoms with Crippen molar-refractivity contribution in [2.45, 2.75) is 46.1 Å². The van der Waals surface area contributed by atoms with Crippen molar-refractivity contribution in [3.63, 3.8) is 0 Å². The Kier molecular flexibility index (Phi) is 4.27. The fourth-order valence-corrected chi connectivity index (χ4v) is 1.55. The molecule has 0 aromatic carbocycles. The van der Waals surface area contributed by atoms with Crippen LogP contribution in [0, 0.1) is 0 Å². The molecule has 15 heavy (non-hydrogen) atoms. The lowest BCUT2D eigenvalue weighted by atomic mass is 10.1. The molecular weight excluding hydrogens is 194 g/mol. The highest BCUT2D eigenvalue weighted by Crippen LogP contribution is 2.09. The molecule has 0 unspecified atom stereocenters. The van der Waals surface area contributed by atoms with Crippen LogP contribution in [-0.4, -0.2) is 26.1 Å². The fourth-order valence-electron chi connectivity index (χ4n) is 1.55. The van der Waals surface area contributed by atoms with E-state index in [1.165, 1.54) is 0 Å². The minimum absolute atomic E-state index is 0.0287. The van der Waals surface area contributed by atoms with E-state index in [1.807, 2.05) is 4.68 Å². The van der Waals surface area contributed by atoms with Crippen LogP contribution in [0.4, 0.5) is 0 Å². The Balaban J connectivity index is 2.89. The van der Waals surface area contributed by atoms with Crippen LogP contribution in [0.3, 0.4) is 0 Å². The van der Waals surface area contributed by atoms with Crippen LogP contribution in [-0.2, 0) is 24.2 Å². The Hall–Kier alpha value is -1.39. The van der Waals surface area contributed by atoms with Crippen LogP contribution >= 0.6 is 0 Å². The van der Waals surface area contributed by atoms with Gasteiger partial charge in [0, 0.05) is 6.54 Å². The van der Waals surface area contributed by atoms with E-state index in [-0.39, 0.29) is 6.42 Å². The first-order chi connectivity index (χ1) is 7.19. The quantitative estimate of drug-likeness (QED) is 0.769. The molecule has 0 atom stereocenters. The molecular formula is C10H17N3O2. The predicted octanol–water partition coefficient (Wildman–Crippen LogP) is 1.27. The van der Waals surface area contributed by atoms with Crippen molar-refractivity contribution in [3.8, 4) is 0 Å². The smallest absolute Gasteiger partial charge is 0.309 e. The molecule has 5 nitrogen and oxygen atoms in total. The van der Waals surface area contributed by atoms with Crippen LogP contribution < -0.4 is 0 Å². The van der Waals surface area contributed by atoms with Crippen molar-refractivity contribution in [1.29, 1.82) is 0 Å². The molecule has 0 bridgehead atoms. The summed E-state index contributed by atoms with van der Waals surface area (Å²) in [6.45, 7) is 4.93. The highest BCUT2D eigenvalue weighted by molar-refractivity contribution is 5.69. The summed E-state index contributed by atoms with van der Waals surface area (Å²) in [6, 6.07) is 0. The molecule has 0 saturated heterocycles. The van der Waals surface area contributed by atoms with Gasteiger partial charge in [0.15, 0.2) is 0 Å². The highest BCUT2D eigenvalue weighted by atomic mass is 16.4. The average Bonchev–Trinajstić information content (AvgIpc) is 2.51. The largest absolute Gasteiger partial charge is 0.481 e. The van der Waals surface area contributed by atoms with E-state index >= 15 is 0 Å². The van der Waals surface area contributed by atoms with Gasteiger partial charge in [-0.15, -0.1) is 5.10 Å². The zero-order chi connectivity index (χ0) is 11.3. The normalized spacial score (nSPS) is 10.5. The van der Waals surface area contributed by atoms with E-state index < -0.39 is 5.97 Å². The predicted molar refractivity (Wildman–Crippen MR) is 55.6 cm³/mol. The van der Waals surface area contributed by atoms with Gasteiger partial charge in [-0.25, -0.2) is 4.68 Å². The second-order valence-electron chi connectivity index (χ2n) is 3.53. The lowest BCUT2D eigenvalue weighted by Crippen LogP contribution is -2.08. The number of aliphatic carboxylic acids is 1. The number of carbonyl (C=O) groups is 1. The van der Waals surface area contributed by atoms with Crippen molar-refractivity contribution in [1.82, 2.24) is 15.0 Å². The second kappa shape index (κ2) is 5.48. The monoisotopic (exact) mass is 211 g/mol. The Morgan fingerprint density at radius 2 is 2.13 bits per heavy atom. The molecule has 5 heteroatoms. The molecule has 0 fully saturated rings. The maximum atomic E-state index is 10.6. The molecule has 0 radical (unpaired) electrons. The van der Waals surface area contributed by atoms with Gasteiger partial charge < -0.3 is 5.11 Å². The van der Waals surface area contributed by atoms with Gasteiger partial charge in [0.1, 0.15) is 0 Å². The van der Waals surface area contributed by atoms with Crippen LogP contribution in [0.5, 0.6) is 0 Å². The summed E-state index contributed by atoms with van der Waals surface area (Å²) in [7, 11) is 0. The summed E-state index contributed by atoms with van der Waals surface area (Å²) >= 11 is 0. The van der Waals surface area contributed by atoms with Gasteiger partial charge in [-0.1, -0.05) is 25.5 Å². The molecule has 1 aromatic heterocycles. The van der Waals surface area contributed by atoms with E-state index in [0.717, 1.165) is 31.5 Å². The minimum atomic E-state index is -0.851. The third kappa shape index (κ3) is 3.04. The first kappa shape index (κ1) is 11.7. The zero-order valence-corrected chi connectivity index (χ0v) is 9.23. The number of aryl methyl sites for hydroxylation is 1. The van der Waals surface area contributed by atoms with Gasteiger partial charge in [-0.3, -0.25) is 4.79 Å². The maximum Gasteiger partial charge on any atom is 0.309 e. The van der Waals surface area contributed by atoms with E-state index in [2.05, 4.69) is 24.2 Å². The number of aromatic nitrogens is 3. The molecule has 0 saturated carbocycles. The summed E-state index contributed by atoms with van der Waals surface area (Å²) in [5, 5.41) is 16.6. The van der Waals surface area contributed by atoms with Crippen LogP contribution in [0.15, 0.2) is 0 Å². The molecule has 1 N–H and O–H groups in total. The number of rotatable bonds is 6. The average molecular weight is 211 g/mol. The Labute approximate surface area is 89.1 Å². The molecule has 1 aromatic rings. The minimum Gasteiger partial charge on any atom is -0.481 e. The third-order valence-corrected chi connectivity index (χ3v) is 2.16. The van der Waals surface area contributed by atoms with Gasteiger partial charge in [0.05, 0.1) is 17.8 Å². The number of carboxylic acids is 1. The SMILES string of the molecule is CCCc1c(CC(=O)O)nnn1CCC. The fraction of sp³-hybridized carbons (Fsp3) is 0.700. The third-order valence-electron chi connectivity index (χ3n) is 2.16. The molecule has 1 heterocycles.